The Labute approximate surface area is 181 Å². The molecule has 0 bridgehead atoms. The Morgan fingerprint density at radius 2 is 1.45 bits per heavy atom. The molecular weight excluding hydrogens is 398 g/mol. The van der Waals surface area contributed by atoms with E-state index in [1.165, 1.54) is 6.92 Å². The number of benzene rings is 2. The zero-order valence-corrected chi connectivity index (χ0v) is 18.1. The van der Waals surface area contributed by atoms with Gasteiger partial charge in [-0.05, 0) is 48.2 Å². The maximum atomic E-state index is 12.4. The van der Waals surface area contributed by atoms with Gasteiger partial charge in [-0.15, -0.1) is 0 Å². The number of nitrogens with one attached hydrogen (secondary N) is 3. The molecule has 164 valence electrons. The highest BCUT2D eigenvalue weighted by Gasteiger charge is 2.20. The second-order valence-corrected chi connectivity index (χ2v) is 8.32. The smallest absolute Gasteiger partial charge is 0.269 e. The van der Waals surface area contributed by atoms with E-state index in [0.29, 0.717) is 35.8 Å². The zero-order valence-electron chi connectivity index (χ0n) is 18.1. The summed E-state index contributed by atoms with van der Waals surface area (Å²) in [4.78, 5) is 37.0. The number of hydrazine groups is 1. The average molecular weight is 425 g/mol. The Morgan fingerprint density at radius 3 is 2.10 bits per heavy atom. The van der Waals surface area contributed by atoms with Crippen molar-refractivity contribution in [1.29, 1.82) is 0 Å². The van der Waals surface area contributed by atoms with Crippen molar-refractivity contribution in [1.82, 2.24) is 16.2 Å². The highest BCUT2D eigenvalue weighted by molar-refractivity contribution is 5.99. The van der Waals surface area contributed by atoms with E-state index in [4.69, 9.17) is 9.47 Å². The van der Waals surface area contributed by atoms with Crippen LogP contribution in [0.1, 0.15) is 54.0 Å². The predicted molar refractivity (Wildman–Crippen MR) is 115 cm³/mol. The van der Waals surface area contributed by atoms with E-state index in [0.717, 1.165) is 5.56 Å². The van der Waals surface area contributed by atoms with E-state index in [1.54, 1.807) is 30.3 Å². The van der Waals surface area contributed by atoms with Crippen molar-refractivity contribution in [2.75, 3.05) is 13.2 Å². The van der Waals surface area contributed by atoms with E-state index < -0.39 is 17.9 Å². The predicted octanol–water partition coefficient (Wildman–Crippen LogP) is 2.33. The lowest BCUT2D eigenvalue weighted by Crippen LogP contribution is -2.51. The van der Waals surface area contributed by atoms with Gasteiger partial charge in [0.05, 0.1) is 0 Å². The van der Waals surface area contributed by atoms with Crippen molar-refractivity contribution in [2.45, 2.75) is 39.2 Å². The first-order valence-electron chi connectivity index (χ1n) is 10.1. The second-order valence-electron chi connectivity index (χ2n) is 8.32. The first-order chi connectivity index (χ1) is 14.6. The SMILES string of the molecule is CC(NC(=O)c1ccc(C(C)(C)C)cc1)C(=O)NNC(=O)c1ccc2c(c1)OCCO2. The number of hydrogen-bond donors (Lipinski definition) is 3. The number of rotatable bonds is 4. The molecule has 8 nitrogen and oxygen atoms in total. The van der Waals surface area contributed by atoms with E-state index >= 15 is 0 Å². The Morgan fingerprint density at radius 1 is 0.839 bits per heavy atom. The molecule has 0 radical (unpaired) electrons. The standard InChI is InChI=1S/C23H27N3O5/c1-14(24-21(28)15-5-8-17(9-6-15)23(2,3)4)20(27)25-26-22(29)16-7-10-18-19(13-16)31-12-11-30-18/h5-10,13-14H,11-12H2,1-4H3,(H,24,28)(H,25,27)(H,26,29). The number of carbonyl (C=O) groups excluding carboxylic acids is 3. The molecule has 31 heavy (non-hydrogen) atoms. The molecule has 1 aliphatic rings. The summed E-state index contributed by atoms with van der Waals surface area (Å²) in [5.41, 5.74) is 6.51. The Hall–Kier alpha value is -3.55. The summed E-state index contributed by atoms with van der Waals surface area (Å²) in [6.07, 6.45) is 0. The normalized spacial score (nSPS) is 13.7. The molecule has 1 heterocycles. The summed E-state index contributed by atoms with van der Waals surface area (Å²) in [7, 11) is 0. The van der Waals surface area contributed by atoms with Crippen molar-refractivity contribution < 1.29 is 23.9 Å². The summed E-state index contributed by atoms with van der Waals surface area (Å²) in [5, 5.41) is 2.62. The molecular formula is C23H27N3O5. The molecule has 0 aromatic heterocycles. The van der Waals surface area contributed by atoms with Gasteiger partial charge in [-0.1, -0.05) is 32.9 Å². The Balaban J connectivity index is 1.52. The van der Waals surface area contributed by atoms with Crippen LogP contribution in [0.4, 0.5) is 0 Å². The van der Waals surface area contributed by atoms with Crippen LogP contribution in [-0.2, 0) is 10.2 Å². The first-order valence-corrected chi connectivity index (χ1v) is 10.1. The Bertz CT molecular complexity index is 980. The third-order valence-electron chi connectivity index (χ3n) is 4.86. The second kappa shape index (κ2) is 9.07. The van der Waals surface area contributed by atoms with E-state index in [-0.39, 0.29) is 11.3 Å². The minimum Gasteiger partial charge on any atom is -0.486 e. The first kappa shape index (κ1) is 22.1. The fourth-order valence-electron chi connectivity index (χ4n) is 2.95. The van der Waals surface area contributed by atoms with Crippen LogP contribution in [0.2, 0.25) is 0 Å². The van der Waals surface area contributed by atoms with Crippen molar-refractivity contribution in [3.05, 3.63) is 59.2 Å². The summed E-state index contributed by atoms with van der Waals surface area (Å²) in [6.45, 7) is 8.67. The van der Waals surface area contributed by atoms with Crippen molar-refractivity contribution >= 4 is 17.7 Å². The number of amides is 3. The third-order valence-corrected chi connectivity index (χ3v) is 4.86. The molecule has 1 atom stereocenters. The molecule has 0 aliphatic carbocycles. The summed E-state index contributed by atoms with van der Waals surface area (Å²) in [6, 6.07) is 11.1. The van der Waals surface area contributed by atoms with Crippen LogP contribution in [0, 0.1) is 0 Å². The number of ether oxygens (including phenoxy) is 2. The van der Waals surface area contributed by atoms with Gasteiger partial charge in [0.15, 0.2) is 11.5 Å². The quantitative estimate of drug-likeness (QED) is 0.652. The molecule has 3 amide bonds. The van der Waals surface area contributed by atoms with Gasteiger partial charge in [0.1, 0.15) is 19.3 Å². The molecule has 1 aliphatic heterocycles. The van der Waals surface area contributed by atoms with Crippen LogP contribution < -0.4 is 25.6 Å². The maximum Gasteiger partial charge on any atom is 0.269 e. The third kappa shape index (κ3) is 5.53. The molecule has 0 spiro atoms. The van der Waals surface area contributed by atoms with Gasteiger partial charge in [0, 0.05) is 11.1 Å². The molecule has 3 rings (SSSR count). The summed E-state index contributed by atoms with van der Waals surface area (Å²) < 4.78 is 10.9. The minimum atomic E-state index is -0.852. The van der Waals surface area contributed by atoms with Gasteiger partial charge in [-0.2, -0.15) is 0 Å². The van der Waals surface area contributed by atoms with Crippen molar-refractivity contribution in [2.24, 2.45) is 0 Å². The van der Waals surface area contributed by atoms with Crippen LogP contribution in [0.25, 0.3) is 0 Å². The van der Waals surface area contributed by atoms with Gasteiger partial charge >= 0.3 is 0 Å². The lowest BCUT2D eigenvalue weighted by atomic mass is 9.86. The lowest BCUT2D eigenvalue weighted by Gasteiger charge is -2.19. The molecule has 0 saturated heterocycles. The zero-order chi connectivity index (χ0) is 22.6. The van der Waals surface area contributed by atoms with Crippen molar-refractivity contribution in [3.8, 4) is 11.5 Å². The fourth-order valence-corrected chi connectivity index (χ4v) is 2.95. The van der Waals surface area contributed by atoms with E-state index in [2.05, 4.69) is 36.9 Å². The van der Waals surface area contributed by atoms with Crippen LogP contribution in [-0.4, -0.2) is 37.0 Å². The summed E-state index contributed by atoms with van der Waals surface area (Å²) >= 11 is 0. The van der Waals surface area contributed by atoms with Crippen LogP contribution in [0.3, 0.4) is 0 Å². The number of carbonyl (C=O) groups is 3. The monoisotopic (exact) mass is 425 g/mol. The largest absolute Gasteiger partial charge is 0.486 e. The van der Waals surface area contributed by atoms with Gasteiger partial charge in [-0.25, -0.2) is 0 Å². The molecule has 3 N–H and O–H groups in total. The molecule has 2 aromatic carbocycles. The van der Waals surface area contributed by atoms with Gasteiger partial charge in [-0.3, -0.25) is 25.2 Å². The van der Waals surface area contributed by atoms with E-state index in [9.17, 15) is 14.4 Å². The molecule has 2 aromatic rings. The topological polar surface area (TPSA) is 106 Å². The van der Waals surface area contributed by atoms with Crippen LogP contribution in [0.5, 0.6) is 11.5 Å². The highest BCUT2D eigenvalue weighted by atomic mass is 16.6. The Kier molecular flexibility index (Phi) is 6.48. The maximum absolute atomic E-state index is 12.4. The summed E-state index contributed by atoms with van der Waals surface area (Å²) in [5.74, 6) is -0.393. The lowest BCUT2D eigenvalue weighted by molar-refractivity contribution is -0.123. The van der Waals surface area contributed by atoms with Crippen LogP contribution in [0.15, 0.2) is 42.5 Å². The molecule has 8 heteroatoms. The van der Waals surface area contributed by atoms with Gasteiger partial charge in [0.2, 0.25) is 0 Å². The minimum absolute atomic E-state index is 0.0163. The number of fused-ring (bicyclic) bond motifs is 1. The number of hydrogen-bond acceptors (Lipinski definition) is 5. The van der Waals surface area contributed by atoms with Crippen LogP contribution >= 0.6 is 0 Å². The molecule has 0 saturated carbocycles. The molecule has 1 unspecified atom stereocenters. The highest BCUT2D eigenvalue weighted by Crippen LogP contribution is 2.30. The fraction of sp³-hybridized carbons (Fsp3) is 0.348. The van der Waals surface area contributed by atoms with Crippen molar-refractivity contribution in [3.63, 3.8) is 0 Å². The van der Waals surface area contributed by atoms with Gasteiger partial charge < -0.3 is 14.8 Å². The van der Waals surface area contributed by atoms with Gasteiger partial charge in [0.25, 0.3) is 17.7 Å². The van der Waals surface area contributed by atoms with E-state index in [1.807, 2.05) is 12.1 Å². The average Bonchev–Trinajstić information content (AvgIpc) is 2.76. The molecule has 0 fully saturated rings.